The molecule has 98 valence electrons. The molecule has 0 amide bonds. The van der Waals surface area contributed by atoms with Crippen LogP contribution < -0.4 is 4.90 Å². The van der Waals surface area contributed by atoms with Gasteiger partial charge in [-0.2, -0.15) is 0 Å². The first-order valence-electron chi connectivity index (χ1n) is 6.25. The molecule has 2 aromatic rings. The van der Waals surface area contributed by atoms with Crippen LogP contribution in [0, 0.1) is 0 Å². The second-order valence-electron chi connectivity index (χ2n) is 4.56. The van der Waals surface area contributed by atoms with Gasteiger partial charge in [-0.25, -0.2) is 9.97 Å². The maximum Gasteiger partial charge on any atom is 0.225 e. The van der Waals surface area contributed by atoms with Gasteiger partial charge in [0.15, 0.2) is 0 Å². The molecule has 0 unspecified atom stereocenters. The highest BCUT2D eigenvalue weighted by atomic mass is 35.5. The van der Waals surface area contributed by atoms with Crippen molar-refractivity contribution in [3.63, 3.8) is 0 Å². The summed E-state index contributed by atoms with van der Waals surface area (Å²) < 4.78 is 0. The van der Waals surface area contributed by atoms with Gasteiger partial charge >= 0.3 is 0 Å². The van der Waals surface area contributed by atoms with E-state index in [1.807, 2.05) is 6.07 Å². The van der Waals surface area contributed by atoms with Gasteiger partial charge in [0.05, 0.1) is 0 Å². The Labute approximate surface area is 122 Å². The molecule has 0 bridgehead atoms. The van der Waals surface area contributed by atoms with Crippen molar-refractivity contribution in [2.24, 2.45) is 0 Å². The summed E-state index contributed by atoms with van der Waals surface area (Å²) in [4.78, 5) is 10.5. The number of rotatable bonds is 3. The van der Waals surface area contributed by atoms with Gasteiger partial charge in [-0.05, 0) is 30.0 Å². The lowest BCUT2D eigenvalue weighted by molar-refractivity contribution is 0.804. The van der Waals surface area contributed by atoms with E-state index < -0.39 is 0 Å². The third-order valence-corrected chi connectivity index (χ3v) is 3.83. The summed E-state index contributed by atoms with van der Waals surface area (Å²) >= 11 is 12.0. The van der Waals surface area contributed by atoms with E-state index in [2.05, 4.69) is 39.1 Å². The van der Waals surface area contributed by atoms with E-state index in [1.54, 1.807) is 0 Å². The fourth-order valence-electron chi connectivity index (χ4n) is 2.38. The minimum absolute atomic E-state index is 0.218. The molecular weight excluding hydrogens is 281 g/mol. The molecule has 0 atom stereocenters. The van der Waals surface area contributed by atoms with Gasteiger partial charge < -0.3 is 4.90 Å². The average Bonchev–Trinajstić information content (AvgIpc) is 2.81. The lowest BCUT2D eigenvalue weighted by atomic mass is 10.1. The van der Waals surface area contributed by atoms with Crippen LogP contribution in [0.15, 0.2) is 30.3 Å². The normalized spacial score (nSPS) is 13.7. The highest BCUT2D eigenvalue weighted by Gasteiger charge is 2.24. The van der Waals surface area contributed by atoms with Crippen LogP contribution in [0.4, 0.5) is 5.82 Å². The second-order valence-corrected chi connectivity index (χ2v) is 5.25. The summed E-state index contributed by atoms with van der Waals surface area (Å²) in [5.74, 6) is 0.890. The minimum atomic E-state index is 0.218. The predicted octanol–water partition coefficient (Wildman–Crippen LogP) is 3.39. The summed E-state index contributed by atoms with van der Waals surface area (Å²) in [6.07, 6.45) is 1.87. The Balaban J connectivity index is 1.76. The van der Waals surface area contributed by atoms with E-state index in [9.17, 15) is 0 Å². The van der Waals surface area contributed by atoms with E-state index in [0.717, 1.165) is 37.3 Å². The Bertz CT molecular complexity index is 587. The average molecular weight is 294 g/mol. The number of aromatic nitrogens is 2. The lowest BCUT2D eigenvalue weighted by Gasteiger charge is -2.18. The Morgan fingerprint density at radius 1 is 1.11 bits per heavy atom. The topological polar surface area (TPSA) is 29.0 Å². The minimum Gasteiger partial charge on any atom is -0.356 e. The molecule has 0 saturated carbocycles. The van der Waals surface area contributed by atoms with Crippen molar-refractivity contribution in [2.75, 3.05) is 18.0 Å². The summed E-state index contributed by atoms with van der Waals surface area (Å²) in [6.45, 7) is 1.84. The van der Waals surface area contributed by atoms with E-state index in [-0.39, 0.29) is 5.28 Å². The first kappa shape index (κ1) is 12.7. The van der Waals surface area contributed by atoms with Crippen molar-refractivity contribution >= 4 is 29.0 Å². The van der Waals surface area contributed by atoms with Crippen LogP contribution in [-0.2, 0) is 12.8 Å². The Morgan fingerprint density at radius 2 is 1.89 bits per heavy atom. The first-order valence-corrected chi connectivity index (χ1v) is 7.00. The van der Waals surface area contributed by atoms with Gasteiger partial charge in [-0.15, -0.1) is 0 Å². The van der Waals surface area contributed by atoms with Gasteiger partial charge in [0.25, 0.3) is 0 Å². The molecule has 2 heterocycles. The molecule has 3 nitrogen and oxygen atoms in total. The van der Waals surface area contributed by atoms with Crippen molar-refractivity contribution in [1.29, 1.82) is 0 Å². The second kappa shape index (κ2) is 5.35. The Morgan fingerprint density at radius 3 is 2.68 bits per heavy atom. The smallest absolute Gasteiger partial charge is 0.225 e. The molecule has 1 aliphatic rings. The number of hydrogen-bond donors (Lipinski definition) is 0. The Kier molecular flexibility index (Phi) is 3.58. The highest BCUT2D eigenvalue weighted by Crippen LogP contribution is 2.31. The van der Waals surface area contributed by atoms with Crippen LogP contribution in [0.2, 0.25) is 10.4 Å². The van der Waals surface area contributed by atoms with Crippen LogP contribution in [0.5, 0.6) is 0 Å². The van der Waals surface area contributed by atoms with Crippen LogP contribution in [0.25, 0.3) is 0 Å². The number of anilines is 1. The van der Waals surface area contributed by atoms with Crippen molar-refractivity contribution in [2.45, 2.75) is 12.8 Å². The van der Waals surface area contributed by atoms with E-state index in [1.165, 1.54) is 5.56 Å². The molecule has 1 aromatic heterocycles. The molecule has 1 aliphatic heterocycles. The van der Waals surface area contributed by atoms with Crippen molar-refractivity contribution in [3.05, 3.63) is 51.9 Å². The standard InChI is InChI=1S/C14H13Cl2N3/c15-12-11-7-9-19(13(11)18-14(16)17-12)8-6-10-4-2-1-3-5-10/h1-5H,6-9H2. The first-order chi connectivity index (χ1) is 9.24. The summed E-state index contributed by atoms with van der Waals surface area (Å²) in [5.41, 5.74) is 2.33. The molecule has 0 saturated heterocycles. The molecule has 0 radical (unpaired) electrons. The van der Waals surface area contributed by atoms with E-state index in [4.69, 9.17) is 23.2 Å². The third kappa shape index (κ3) is 2.67. The largest absolute Gasteiger partial charge is 0.356 e. The fraction of sp³-hybridized carbons (Fsp3) is 0.286. The molecule has 1 aromatic carbocycles. The van der Waals surface area contributed by atoms with Gasteiger partial charge in [0.2, 0.25) is 5.28 Å². The zero-order valence-corrected chi connectivity index (χ0v) is 11.8. The summed E-state index contributed by atoms with van der Waals surface area (Å²) in [7, 11) is 0. The third-order valence-electron chi connectivity index (χ3n) is 3.35. The molecular formula is C14H13Cl2N3. The Hall–Kier alpha value is -1.32. The van der Waals surface area contributed by atoms with Crippen LogP contribution in [-0.4, -0.2) is 23.1 Å². The van der Waals surface area contributed by atoms with Crippen LogP contribution in [0.3, 0.4) is 0 Å². The van der Waals surface area contributed by atoms with Gasteiger partial charge in [-0.3, -0.25) is 0 Å². The van der Waals surface area contributed by atoms with Crippen molar-refractivity contribution in [1.82, 2.24) is 9.97 Å². The van der Waals surface area contributed by atoms with Crippen LogP contribution in [0.1, 0.15) is 11.1 Å². The van der Waals surface area contributed by atoms with Gasteiger partial charge in [-0.1, -0.05) is 41.9 Å². The maximum atomic E-state index is 6.10. The van der Waals surface area contributed by atoms with Crippen molar-refractivity contribution in [3.8, 4) is 0 Å². The number of nitrogens with zero attached hydrogens (tertiary/aromatic N) is 3. The monoisotopic (exact) mass is 293 g/mol. The van der Waals surface area contributed by atoms with E-state index in [0.29, 0.717) is 5.15 Å². The number of halogens is 2. The molecule has 0 aliphatic carbocycles. The molecule has 0 N–H and O–H groups in total. The summed E-state index contributed by atoms with van der Waals surface area (Å²) in [6, 6.07) is 10.4. The molecule has 0 spiro atoms. The summed E-state index contributed by atoms with van der Waals surface area (Å²) in [5, 5.41) is 0.701. The fourth-order valence-corrected chi connectivity index (χ4v) is 2.84. The number of hydrogen-bond acceptors (Lipinski definition) is 3. The van der Waals surface area contributed by atoms with Gasteiger partial charge in [0, 0.05) is 18.7 Å². The molecule has 5 heteroatoms. The molecule has 3 rings (SSSR count). The maximum absolute atomic E-state index is 6.10. The lowest BCUT2D eigenvalue weighted by Crippen LogP contribution is -2.24. The van der Waals surface area contributed by atoms with Gasteiger partial charge in [0.1, 0.15) is 11.0 Å². The molecule has 19 heavy (non-hydrogen) atoms. The van der Waals surface area contributed by atoms with Crippen molar-refractivity contribution < 1.29 is 0 Å². The van der Waals surface area contributed by atoms with E-state index >= 15 is 0 Å². The number of benzene rings is 1. The highest BCUT2D eigenvalue weighted by molar-refractivity contribution is 6.32. The zero-order chi connectivity index (χ0) is 13.2. The number of fused-ring (bicyclic) bond motifs is 1. The quantitative estimate of drug-likeness (QED) is 0.642. The van der Waals surface area contributed by atoms with Crippen LogP contribution >= 0.6 is 23.2 Å². The predicted molar refractivity (Wildman–Crippen MR) is 78.1 cm³/mol. The SMILES string of the molecule is Clc1nc(Cl)c2c(n1)N(CCc1ccccc1)CC2. The molecule has 0 fully saturated rings. The zero-order valence-electron chi connectivity index (χ0n) is 10.3.